The molecule has 0 bridgehead atoms. The second-order valence-corrected chi connectivity index (χ2v) is 5.78. The molecule has 0 aromatic carbocycles. The standard InChI is InChI=1S/C11H17N5OS/c1-17-6-9-13-14-11-16(9)15-10(18-11)7-2-4-8(12)5-3-7/h7-8H,2-6,12H2,1H3. The van der Waals surface area contributed by atoms with Gasteiger partial charge in [-0.05, 0) is 25.7 Å². The van der Waals surface area contributed by atoms with Gasteiger partial charge in [-0.2, -0.15) is 9.61 Å². The molecule has 0 aliphatic heterocycles. The molecule has 0 unspecified atom stereocenters. The van der Waals surface area contributed by atoms with Gasteiger partial charge in [0.2, 0.25) is 4.96 Å². The molecule has 2 heterocycles. The second kappa shape index (κ2) is 4.91. The Balaban J connectivity index is 1.84. The fourth-order valence-corrected chi connectivity index (χ4v) is 3.45. The van der Waals surface area contributed by atoms with E-state index in [1.165, 1.54) is 0 Å². The molecule has 0 atom stereocenters. The topological polar surface area (TPSA) is 78.3 Å². The molecule has 1 fully saturated rings. The Hall–Kier alpha value is -1.05. The van der Waals surface area contributed by atoms with Gasteiger partial charge in [0.05, 0.1) is 0 Å². The number of fused-ring (bicyclic) bond motifs is 1. The smallest absolute Gasteiger partial charge is 0.234 e. The highest BCUT2D eigenvalue weighted by atomic mass is 32.1. The average Bonchev–Trinajstić information content (AvgIpc) is 2.93. The van der Waals surface area contributed by atoms with Crippen LogP contribution in [-0.2, 0) is 11.3 Å². The highest BCUT2D eigenvalue weighted by Crippen LogP contribution is 2.34. The van der Waals surface area contributed by atoms with E-state index in [4.69, 9.17) is 10.5 Å². The van der Waals surface area contributed by atoms with Crippen LogP contribution < -0.4 is 5.73 Å². The molecular weight excluding hydrogens is 250 g/mol. The minimum Gasteiger partial charge on any atom is -0.377 e. The number of nitrogens with zero attached hydrogens (tertiary/aromatic N) is 4. The summed E-state index contributed by atoms with van der Waals surface area (Å²) >= 11 is 1.63. The monoisotopic (exact) mass is 267 g/mol. The molecule has 18 heavy (non-hydrogen) atoms. The molecule has 1 aliphatic carbocycles. The third-order valence-electron chi connectivity index (χ3n) is 3.47. The van der Waals surface area contributed by atoms with E-state index in [-0.39, 0.29) is 0 Å². The molecule has 3 rings (SSSR count). The van der Waals surface area contributed by atoms with Crippen molar-refractivity contribution in [2.45, 2.75) is 44.2 Å². The van der Waals surface area contributed by atoms with Gasteiger partial charge in [0.25, 0.3) is 0 Å². The van der Waals surface area contributed by atoms with E-state index in [1.54, 1.807) is 23.0 Å². The summed E-state index contributed by atoms with van der Waals surface area (Å²) in [5.74, 6) is 1.30. The van der Waals surface area contributed by atoms with Crippen LogP contribution in [0.2, 0.25) is 0 Å². The van der Waals surface area contributed by atoms with Gasteiger partial charge in [-0.1, -0.05) is 11.3 Å². The van der Waals surface area contributed by atoms with Gasteiger partial charge in [-0.25, -0.2) is 0 Å². The molecule has 0 spiro atoms. The van der Waals surface area contributed by atoms with Crippen molar-refractivity contribution in [3.63, 3.8) is 0 Å². The van der Waals surface area contributed by atoms with Gasteiger partial charge in [-0.3, -0.25) is 0 Å². The highest BCUT2D eigenvalue weighted by molar-refractivity contribution is 7.16. The zero-order valence-electron chi connectivity index (χ0n) is 10.4. The van der Waals surface area contributed by atoms with E-state index in [1.807, 2.05) is 0 Å². The fraction of sp³-hybridized carbons (Fsp3) is 0.727. The molecule has 7 heteroatoms. The molecule has 0 radical (unpaired) electrons. The van der Waals surface area contributed by atoms with Gasteiger partial charge >= 0.3 is 0 Å². The number of methoxy groups -OCH3 is 1. The van der Waals surface area contributed by atoms with Crippen LogP contribution in [0.4, 0.5) is 0 Å². The Morgan fingerprint density at radius 2 is 2.11 bits per heavy atom. The van der Waals surface area contributed by atoms with Crippen molar-refractivity contribution in [3.05, 3.63) is 10.8 Å². The summed E-state index contributed by atoms with van der Waals surface area (Å²) < 4.78 is 6.89. The van der Waals surface area contributed by atoms with Crippen LogP contribution in [0.1, 0.15) is 42.4 Å². The maximum Gasteiger partial charge on any atom is 0.234 e. The largest absolute Gasteiger partial charge is 0.377 e. The quantitative estimate of drug-likeness (QED) is 0.907. The van der Waals surface area contributed by atoms with Crippen LogP contribution in [0.3, 0.4) is 0 Å². The van der Waals surface area contributed by atoms with E-state index in [2.05, 4.69) is 15.3 Å². The Kier molecular flexibility index (Phi) is 3.27. The van der Waals surface area contributed by atoms with Crippen LogP contribution in [-0.4, -0.2) is 33.0 Å². The average molecular weight is 267 g/mol. The summed E-state index contributed by atoms with van der Waals surface area (Å²) in [6.45, 7) is 0.444. The first-order valence-corrected chi connectivity index (χ1v) is 7.05. The third-order valence-corrected chi connectivity index (χ3v) is 4.53. The normalized spacial score (nSPS) is 24.8. The summed E-state index contributed by atoms with van der Waals surface area (Å²) in [7, 11) is 1.65. The van der Waals surface area contributed by atoms with E-state index < -0.39 is 0 Å². The summed E-state index contributed by atoms with van der Waals surface area (Å²) in [4.78, 5) is 0.854. The number of ether oxygens (including phenoxy) is 1. The first-order chi connectivity index (χ1) is 8.78. The SMILES string of the molecule is COCc1nnc2sc(C3CCC(N)CC3)nn12. The molecule has 1 saturated carbocycles. The minimum absolute atomic E-state index is 0.371. The van der Waals surface area contributed by atoms with E-state index in [9.17, 15) is 0 Å². The van der Waals surface area contributed by atoms with Crippen molar-refractivity contribution < 1.29 is 4.74 Å². The van der Waals surface area contributed by atoms with Gasteiger partial charge in [0.1, 0.15) is 11.6 Å². The van der Waals surface area contributed by atoms with Crippen LogP contribution in [0, 0.1) is 0 Å². The number of aromatic nitrogens is 4. The molecule has 6 nitrogen and oxygen atoms in total. The number of hydrogen-bond acceptors (Lipinski definition) is 6. The van der Waals surface area contributed by atoms with Crippen molar-refractivity contribution in [2.24, 2.45) is 5.73 Å². The van der Waals surface area contributed by atoms with Gasteiger partial charge in [0, 0.05) is 19.1 Å². The Bertz CT molecular complexity index is 529. The Labute approximate surface area is 109 Å². The second-order valence-electron chi connectivity index (χ2n) is 4.80. The Morgan fingerprint density at radius 3 is 2.83 bits per heavy atom. The van der Waals surface area contributed by atoms with Crippen molar-refractivity contribution in [3.8, 4) is 0 Å². The summed E-state index contributed by atoms with van der Waals surface area (Å²) in [5, 5.41) is 14.0. The lowest BCUT2D eigenvalue weighted by atomic mass is 9.87. The summed E-state index contributed by atoms with van der Waals surface area (Å²) in [5.41, 5.74) is 5.93. The predicted octanol–water partition coefficient (Wildman–Crippen LogP) is 1.32. The zero-order valence-corrected chi connectivity index (χ0v) is 11.2. The van der Waals surface area contributed by atoms with Crippen molar-refractivity contribution in [1.29, 1.82) is 0 Å². The minimum atomic E-state index is 0.371. The van der Waals surface area contributed by atoms with E-state index in [0.717, 1.165) is 41.5 Å². The third kappa shape index (κ3) is 2.13. The lowest BCUT2D eigenvalue weighted by molar-refractivity contribution is 0.176. The van der Waals surface area contributed by atoms with Crippen molar-refractivity contribution in [2.75, 3.05) is 7.11 Å². The fourth-order valence-electron chi connectivity index (χ4n) is 2.42. The molecule has 0 saturated heterocycles. The van der Waals surface area contributed by atoms with Crippen LogP contribution >= 0.6 is 11.3 Å². The molecule has 98 valence electrons. The van der Waals surface area contributed by atoms with E-state index >= 15 is 0 Å². The van der Waals surface area contributed by atoms with Gasteiger partial charge in [-0.15, -0.1) is 10.2 Å². The predicted molar refractivity (Wildman–Crippen MR) is 68.6 cm³/mol. The molecule has 2 aromatic heterocycles. The molecular formula is C11H17N5OS. The summed E-state index contributed by atoms with van der Waals surface area (Å²) in [6.07, 6.45) is 4.45. The maximum atomic E-state index is 5.93. The number of hydrogen-bond donors (Lipinski definition) is 1. The highest BCUT2D eigenvalue weighted by Gasteiger charge is 2.24. The lowest BCUT2D eigenvalue weighted by Gasteiger charge is -2.23. The molecule has 2 aromatic rings. The number of nitrogens with two attached hydrogens (primary N) is 1. The summed E-state index contributed by atoms with van der Waals surface area (Å²) in [6, 6.07) is 0.371. The lowest BCUT2D eigenvalue weighted by Crippen LogP contribution is -2.25. The van der Waals surface area contributed by atoms with Crippen molar-refractivity contribution in [1.82, 2.24) is 19.8 Å². The van der Waals surface area contributed by atoms with Crippen LogP contribution in [0.15, 0.2) is 0 Å². The first-order valence-electron chi connectivity index (χ1n) is 6.23. The van der Waals surface area contributed by atoms with Crippen LogP contribution in [0.5, 0.6) is 0 Å². The molecule has 2 N–H and O–H groups in total. The van der Waals surface area contributed by atoms with E-state index in [0.29, 0.717) is 18.6 Å². The Morgan fingerprint density at radius 1 is 1.33 bits per heavy atom. The van der Waals surface area contributed by atoms with Gasteiger partial charge < -0.3 is 10.5 Å². The van der Waals surface area contributed by atoms with Gasteiger partial charge in [0.15, 0.2) is 5.82 Å². The maximum absolute atomic E-state index is 5.93. The molecule has 1 aliphatic rings. The van der Waals surface area contributed by atoms with Crippen LogP contribution in [0.25, 0.3) is 4.96 Å². The van der Waals surface area contributed by atoms with Crippen molar-refractivity contribution >= 4 is 16.3 Å². The molecule has 0 amide bonds. The zero-order chi connectivity index (χ0) is 12.5. The number of rotatable bonds is 3. The first kappa shape index (κ1) is 12.0.